The van der Waals surface area contributed by atoms with E-state index in [4.69, 9.17) is 4.99 Å². The molecule has 0 saturated carbocycles. The molecule has 5 heteroatoms. The molecule has 1 unspecified atom stereocenters. The minimum Gasteiger partial charge on any atom is -0.366 e. The van der Waals surface area contributed by atoms with Crippen LogP contribution in [0.5, 0.6) is 0 Å². The van der Waals surface area contributed by atoms with Gasteiger partial charge in [0, 0.05) is 37.1 Å². The van der Waals surface area contributed by atoms with Crippen molar-refractivity contribution in [3.05, 3.63) is 29.8 Å². The Morgan fingerprint density at radius 3 is 2.95 bits per heavy atom. The molecule has 1 atom stereocenters. The number of fused-ring (bicyclic) bond motifs is 1. The summed E-state index contributed by atoms with van der Waals surface area (Å²) in [5.41, 5.74) is 2.84. The van der Waals surface area contributed by atoms with Gasteiger partial charge >= 0.3 is 0 Å². The smallest absolute Gasteiger partial charge is 0.191 e. The van der Waals surface area contributed by atoms with Crippen LogP contribution in [0.4, 0.5) is 5.69 Å². The van der Waals surface area contributed by atoms with Gasteiger partial charge in [-0.05, 0) is 38.2 Å². The third-order valence-electron chi connectivity index (χ3n) is 3.91. The van der Waals surface area contributed by atoms with Crippen molar-refractivity contribution in [2.45, 2.75) is 26.3 Å². The van der Waals surface area contributed by atoms with E-state index in [1.54, 1.807) is 0 Å². The quantitative estimate of drug-likeness (QED) is 0.460. The van der Waals surface area contributed by atoms with Crippen LogP contribution in [0.25, 0.3) is 0 Å². The van der Waals surface area contributed by atoms with Crippen molar-refractivity contribution in [1.29, 1.82) is 0 Å². The van der Waals surface area contributed by atoms with Crippen LogP contribution >= 0.6 is 11.8 Å². The molecule has 1 heterocycles. The number of rotatable bonds is 7. The standard InChI is InChI=1S/C17H28N4S/c1-4-18-17(19-10-12-22-3)20-13-14(2)21-11-9-15-7-5-6-8-16(15)21/h5-8,14H,4,9-13H2,1-3H3,(H2,18,19,20). The molecule has 0 bridgehead atoms. The third kappa shape index (κ3) is 4.57. The van der Waals surface area contributed by atoms with Crippen molar-refractivity contribution in [3.63, 3.8) is 0 Å². The van der Waals surface area contributed by atoms with Gasteiger partial charge in [-0.25, -0.2) is 0 Å². The molecule has 22 heavy (non-hydrogen) atoms. The number of nitrogens with one attached hydrogen (secondary N) is 2. The summed E-state index contributed by atoms with van der Waals surface area (Å²) in [5, 5.41) is 6.70. The topological polar surface area (TPSA) is 39.7 Å². The number of thioether (sulfide) groups is 1. The fourth-order valence-electron chi connectivity index (χ4n) is 2.76. The molecule has 2 rings (SSSR count). The number of hydrogen-bond donors (Lipinski definition) is 2. The second-order valence-corrected chi connectivity index (χ2v) is 6.55. The van der Waals surface area contributed by atoms with E-state index in [1.807, 2.05) is 11.8 Å². The lowest BCUT2D eigenvalue weighted by molar-refractivity contribution is 0.658. The Bertz CT molecular complexity index is 489. The first kappa shape index (κ1) is 17.0. The summed E-state index contributed by atoms with van der Waals surface area (Å²) >= 11 is 1.85. The van der Waals surface area contributed by atoms with Gasteiger partial charge in [0.05, 0.1) is 6.54 Å². The molecule has 0 fully saturated rings. The molecule has 1 aliphatic rings. The van der Waals surface area contributed by atoms with Gasteiger partial charge in [-0.15, -0.1) is 0 Å². The molecule has 4 nitrogen and oxygen atoms in total. The number of benzene rings is 1. The molecule has 0 radical (unpaired) electrons. The van der Waals surface area contributed by atoms with Crippen LogP contribution in [0.15, 0.2) is 29.3 Å². The summed E-state index contributed by atoms with van der Waals surface area (Å²) in [6, 6.07) is 9.13. The lowest BCUT2D eigenvalue weighted by Gasteiger charge is -2.26. The van der Waals surface area contributed by atoms with Gasteiger partial charge in [0.25, 0.3) is 0 Å². The Morgan fingerprint density at radius 2 is 2.18 bits per heavy atom. The Hall–Kier alpha value is -1.36. The largest absolute Gasteiger partial charge is 0.366 e. The van der Waals surface area contributed by atoms with Crippen LogP contribution in [0, 0.1) is 0 Å². The van der Waals surface area contributed by atoms with Crippen LogP contribution in [-0.2, 0) is 6.42 Å². The Morgan fingerprint density at radius 1 is 1.36 bits per heavy atom. The summed E-state index contributed by atoms with van der Waals surface area (Å²) in [7, 11) is 0. The summed E-state index contributed by atoms with van der Waals surface area (Å²) in [4.78, 5) is 7.22. The number of anilines is 1. The van der Waals surface area contributed by atoms with E-state index in [2.05, 4.69) is 59.9 Å². The molecule has 2 N–H and O–H groups in total. The maximum Gasteiger partial charge on any atom is 0.191 e. The van der Waals surface area contributed by atoms with Crippen molar-refractivity contribution in [2.75, 3.05) is 43.1 Å². The third-order valence-corrected chi connectivity index (χ3v) is 4.52. The van der Waals surface area contributed by atoms with Crippen LogP contribution in [-0.4, -0.2) is 50.2 Å². The fourth-order valence-corrected chi connectivity index (χ4v) is 3.06. The predicted octanol–water partition coefficient (Wildman–Crippen LogP) is 2.36. The number of hydrogen-bond acceptors (Lipinski definition) is 3. The van der Waals surface area contributed by atoms with Crippen molar-refractivity contribution < 1.29 is 0 Å². The van der Waals surface area contributed by atoms with Gasteiger partial charge in [0.1, 0.15) is 0 Å². The van der Waals surface area contributed by atoms with E-state index in [0.29, 0.717) is 6.04 Å². The van der Waals surface area contributed by atoms with E-state index in [1.165, 1.54) is 11.3 Å². The summed E-state index contributed by atoms with van der Waals surface area (Å²) < 4.78 is 0. The van der Waals surface area contributed by atoms with Gasteiger partial charge in [-0.2, -0.15) is 11.8 Å². The number of guanidine groups is 1. The molecule has 0 aromatic heterocycles. The lowest BCUT2D eigenvalue weighted by atomic mass is 10.2. The highest BCUT2D eigenvalue weighted by molar-refractivity contribution is 7.98. The maximum atomic E-state index is 4.75. The monoisotopic (exact) mass is 320 g/mol. The Kier molecular flexibility index (Phi) is 6.90. The first-order chi connectivity index (χ1) is 10.8. The highest BCUT2D eigenvalue weighted by atomic mass is 32.2. The predicted molar refractivity (Wildman–Crippen MR) is 99.3 cm³/mol. The van der Waals surface area contributed by atoms with E-state index < -0.39 is 0 Å². The maximum absolute atomic E-state index is 4.75. The lowest BCUT2D eigenvalue weighted by Crippen LogP contribution is -2.40. The van der Waals surface area contributed by atoms with E-state index in [0.717, 1.165) is 44.3 Å². The normalized spacial score (nSPS) is 15.6. The van der Waals surface area contributed by atoms with Gasteiger partial charge in [0.15, 0.2) is 5.96 Å². The molecule has 1 aromatic carbocycles. The number of nitrogens with zero attached hydrogens (tertiary/aromatic N) is 2. The summed E-state index contributed by atoms with van der Waals surface area (Å²) in [5.74, 6) is 2.02. The molecule has 1 aliphatic heterocycles. The zero-order chi connectivity index (χ0) is 15.8. The van der Waals surface area contributed by atoms with Crippen LogP contribution < -0.4 is 15.5 Å². The van der Waals surface area contributed by atoms with Crippen molar-refractivity contribution in [1.82, 2.24) is 10.6 Å². The van der Waals surface area contributed by atoms with Crippen LogP contribution in [0.3, 0.4) is 0 Å². The highest BCUT2D eigenvalue weighted by Gasteiger charge is 2.22. The summed E-state index contributed by atoms with van der Waals surface area (Å²) in [6.45, 7) is 8.12. The average Bonchev–Trinajstić information content (AvgIpc) is 2.96. The zero-order valence-electron chi connectivity index (χ0n) is 13.9. The van der Waals surface area contributed by atoms with Crippen LogP contribution in [0.2, 0.25) is 0 Å². The SMILES string of the molecule is CCNC(=NCC(C)N1CCc2ccccc21)NCCSC. The fraction of sp³-hybridized carbons (Fsp3) is 0.588. The highest BCUT2D eigenvalue weighted by Crippen LogP contribution is 2.29. The first-order valence-corrected chi connectivity index (χ1v) is 9.51. The van der Waals surface area contributed by atoms with Crippen molar-refractivity contribution >= 4 is 23.4 Å². The van der Waals surface area contributed by atoms with E-state index in [9.17, 15) is 0 Å². The molecular formula is C17H28N4S. The summed E-state index contributed by atoms with van der Waals surface area (Å²) in [6.07, 6.45) is 3.27. The molecule has 0 spiro atoms. The minimum atomic E-state index is 0.416. The van der Waals surface area contributed by atoms with Crippen molar-refractivity contribution in [2.24, 2.45) is 4.99 Å². The van der Waals surface area contributed by atoms with Gasteiger partial charge < -0.3 is 15.5 Å². The number of para-hydroxylation sites is 1. The van der Waals surface area contributed by atoms with E-state index in [-0.39, 0.29) is 0 Å². The van der Waals surface area contributed by atoms with Crippen molar-refractivity contribution in [3.8, 4) is 0 Å². The Labute approximate surface area is 138 Å². The molecule has 1 aromatic rings. The average molecular weight is 321 g/mol. The van der Waals surface area contributed by atoms with Crippen LogP contribution in [0.1, 0.15) is 19.4 Å². The molecule has 0 aliphatic carbocycles. The number of aliphatic imine (C=N–C) groups is 1. The second-order valence-electron chi connectivity index (χ2n) is 5.56. The van der Waals surface area contributed by atoms with Gasteiger partial charge in [0.2, 0.25) is 0 Å². The van der Waals surface area contributed by atoms with Gasteiger partial charge in [-0.1, -0.05) is 18.2 Å². The molecular weight excluding hydrogens is 292 g/mol. The second kappa shape index (κ2) is 8.93. The molecule has 0 amide bonds. The Balaban J connectivity index is 1.92. The minimum absolute atomic E-state index is 0.416. The zero-order valence-corrected chi connectivity index (χ0v) is 14.7. The molecule has 122 valence electrons. The molecule has 0 saturated heterocycles. The van der Waals surface area contributed by atoms with E-state index >= 15 is 0 Å². The first-order valence-electron chi connectivity index (χ1n) is 8.12. The van der Waals surface area contributed by atoms with Gasteiger partial charge in [-0.3, -0.25) is 4.99 Å².